The number of oxazole rings is 1. The highest BCUT2D eigenvalue weighted by atomic mass is 16.4. The summed E-state index contributed by atoms with van der Waals surface area (Å²) in [4.78, 5) is 21.5. The van der Waals surface area contributed by atoms with Crippen LogP contribution in [0.25, 0.3) is 11.5 Å². The Morgan fingerprint density at radius 1 is 1.03 bits per heavy atom. The molecule has 0 atom stereocenters. The Morgan fingerprint density at radius 3 is 2.40 bits per heavy atom. The zero-order valence-corrected chi connectivity index (χ0v) is 17.6. The van der Waals surface area contributed by atoms with Gasteiger partial charge in [0.05, 0.1) is 5.69 Å². The summed E-state index contributed by atoms with van der Waals surface area (Å²) in [6.45, 7) is 9.29. The summed E-state index contributed by atoms with van der Waals surface area (Å²) in [5, 5.41) is 2.81. The third-order valence-corrected chi connectivity index (χ3v) is 5.49. The number of hydrogen-bond donors (Lipinski definition) is 1. The molecule has 6 heteroatoms. The minimum absolute atomic E-state index is 0.0667. The summed E-state index contributed by atoms with van der Waals surface area (Å²) in [6, 6.07) is 18.0. The second kappa shape index (κ2) is 9.13. The van der Waals surface area contributed by atoms with Gasteiger partial charge in [0.25, 0.3) is 5.91 Å². The van der Waals surface area contributed by atoms with Gasteiger partial charge >= 0.3 is 0 Å². The van der Waals surface area contributed by atoms with Crippen molar-refractivity contribution in [1.82, 2.24) is 15.2 Å². The highest BCUT2D eigenvalue weighted by Gasteiger charge is 2.20. The lowest BCUT2D eigenvalue weighted by atomic mass is 10.1. The molecule has 0 aliphatic carbocycles. The minimum Gasteiger partial charge on any atom is -0.441 e. The van der Waals surface area contributed by atoms with Crippen molar-refractivity contribution in [2.24, 2.45) is 0 Å². The molecule has 1 aliphatic rings. The summed E-state index contributed by atoms with van der Waals surface area (Å²) in [6.07, 6.45) is 0. The van der Waals surface area contributed by atoms with Gasteiger partial charge in [0.2, 0.25) is 5.89 Å². The van der Waals surface area contributed by atoms with Gasteiger partial charge in [0, 0.05) is 56.1 Å². The van der Waals surface area contributed by atoms with Gasteiger partial charge in [-0.1, -0.05) is 18.2 Å². The number of amides is 1. The third-order valence-electron chi connectivity index (χ3n) is 5.49. The molecule has 30 heavy (non-hydrogen) atoms. The van der Waals surface area contributed by atoms with Crippen LogP contribution in [0.2, 0.25) is 0 Å². The molecule has 1 saturated heterocycles. The number of carbonyl (C=O) groups excluding carboxylic acids is 1. The lowest BCUT2D eigenvalue weighted by molar-refractivity contribution is 0.0956. The maximum atomic E-state index is 11.9. The minimum atomic E-state index is -0.0667. The number of para-hydroxylation sites is 1. The summed E-state index contributed by atoms with van der Waals surface area (Å²) in [5.74, 6) is 1.39. The monoisotopic (exact) mass is 404 g/mol. The van der Waals surface area contributed by atoms with E-state index in [0.29, 0.717) is 18.0 Å². The lowest BCUT2D eigenvalue weighted by Crippen LogP contribution is -2.46. The number of aromatic nitrogens is 1. The van der Waals surface area contributed by atoms with Crippen LogP contribution in [0.3, 0.4) is 0 Å². The maximum absolute atomic E-state index is 11.9. The molecular weight excluding hydrogens is 376 g/mol. The first-order chi connectivity index (χ1) is 14.6. The summed E-state index contributed by atoms with van der Waals surface area (Å²) in [5.41, 5.74) is 3.78. The van der Waals surface area contributed by atoms with Crippen molar-refractivity contribution in [2.75, 3.05) is 37.6 Å². The van der Waals surface area contributed by atoms with Crippen molar-refractivity contribution >= 4 is 11.6 Å². The van der Waals surface area contributed by atoms with Crippen molar-refractivity contribution in [2.45, 2.75) is 20.4 Å². The Morgan fingerprint density at radius 2 is 1.73 bits per heavy atom. The number of nitrogens with one attached hydrogen (secondary N) is 1. The Balaban J connectivity index is 1.38. The van der Waals surface area contributed by atoms with Gasteiger partial charge in [-0.15, -0.1) is 0 Å². The van der Waals surface area contributed by atoms with Gasteiger partial charge in [0.1, 0.15) is 5.76 Å². The summed E-state index contributed by atoms with van der Waals surface area (Å²) in [7, 11) is 0. The van der Waals surface area contributed by atoms with Gasteiger partial charge in [0.15, 0.2) is 0 Å². The first-order valence-electron chi connectivity index (χ1n) is 10.5. The quantitative estimate of drug-likeness (QED) is 0.678. The molecule has 2 heterocycles. The highest BCUT2D eigenvalue weighted by molar-refractivity contribution is 5.94. The number of aryl methyl sites for hydroxylation is 1. The summed E-state index contributed by atoms with van der Waals surface area (Å²) < 4.78 is 5.93. The van der Waals surface area contributed by atoms with Crippen LogP contribution in [0, 0.1) is 6.92 Å². The Labute approximate surface area is 177 Å². The van der Waals surface area contributed by atoms with E-state index in [4.69, 9.17) is 9.40 Å². The smallest absolute Gasteiger partial charge is 0.251 e. The van der Waals surface area contributed by atoms with Gasteiger partial charge < -0.3 is 14.6 Å². The van der Waals surface area contributed by atoms with Gasteiger partial charge in [-0.25, -0.2) is 4.98 Å². The zero-order valence-electron chi connectivity index (χ0n) is 17.6. The van der Waals surface area contributed by atoms with Crippen LogP contribution in [0.5, 0.6) is 0 Å². The van der Waals surface area contributed by atoms with E-state index < -0.39 is 0 Å². The fraction of sp³-hybridized carbons (Fsp3) is 0.333. The molecule has 4 rings (SSSR count). The van der Waals surface area contributed by atoms with Gasteiger partial charge in [-0.05, 0) is 50.2 Å². The molecule has 1 N–H and O–H groups in total. The van der Waals surface area contributed by atoms with E-state index in [-0.39, 0.29) is 5.91 Å². The molecule has 0 radical (unpaired) electrons. The summed E-state index contributed by atoms with van der Waals surface area (Å²) >= 11 is 0. The predicted octanol–water partition coefficient (Wildman–Crippen LogP) is 3.72. The fourth-order valence-corrected chi connectivity index (χ4v) is 3.74. The highest BCUT2D eigenvalue weighted by Crippen LogP contribution is 2.24. The molecule has 3 aromatic rings. The third kappa shape index (κ3) is 4.54. The number of anilines is 1. The fourth-order valence-electron chi connectivity index (χ4n) is 3.74. The van der Waals surface area contributed by atoms with Crippen LogP contribution in [0.15, 0.2) is 59.0 Å². The van der Waals surface area contributed by atoms with Crippen molar-refractivity contribution in [3.8, 4) is 11.5 Å². The molecule has 1 aliphatic heterocycles. The van der Waals surface area contributed by atoms with Crippen LogP contribution in [0.1, 0.15) is 28.7 Å². The molecule has 2 aromatic carbocycles. The Bertz CT molecular complexity index is 974. The number of hydrogen-bond acceptors (Lipinski definition) is 5. The van der Waals surface area contributed by atoms with E-state index in [0.717, 1.165) is 49.7 Å². The second-order valence-corrected chi connectivity index (χ2v) is 7.56. The molecule has 0 bridgehead atoms. The molecule has 156 valence electrons. The van der Waals surface area contributed by atoms with Crippen molar-refractivity contribution in [3.05, 3.63) is 71.6 Å². The van der Waals surface area contributed by atoms with E-state index in [1.54, 1.807) is 0 Å². The standard InChI is InChI=1S/C24H28N4O2/c1-3-25-23(29)19-9-11-20(12-10-19)24-26-22(18(2)30-24)17-27-13-15-28(16-14-27)21-7-5-4-6-8-21/h4-12H,3,13-17H2,1-2H3,(H,25,29). The van der Waals surface area contributed by atoms with E-state index in [2.05, 4.69) is 45.4 Å². The molecule has 1 fully saturated rings. The number of rotatable bonds is 6. The van der Waals surface area contributed by atoms with Crippen molar-refractivity contribution < 1.29 is 9.21 Å². The van der Waals surface area contributed by atoms with Gasteiger partial charge in [-0.3, -0.25) is 9.69 Å². The SMILES string of the molecule is CCNC(=O)c1ccc(-c2nc(CN3CCN(c4ccccc4)CC3)c(C)o2)cc1. The average Bonchev–Trinajstić information content (AvgIpc) is 3.15. The lowest BCUT2D eigenvalue weighted by Gasteiger charge is -2.35. The Hall–Kier alpha value is -3.12. The Kier molecular flexibility index (Phi) is 6.14. The molecule has 6 nitrogen and oxygen atoms in total. The molecule has 0 unspecified atom stereocenters. The van der Waals surface area contributed by atoms with Crippen molar-refractivity contribution in [1.29, 1.82) is 0 Å². The van der Waals surface area contributed by atoms with Crippen LogP contribution in [-0.4, -0.2) is 48.5 Å². The van der Waals surface area contributed by atoms with E-state index in [9.17, 15) is 4.79 Å². The second-order valence-electron chi connectivity index (χ2n) is 7.56. The van der Waals surface area contributed by atoms with Crippen LogP contribution < -0.4 is 10.2 Å². The first-order valence-corrected chi connectivity index (χ1v) is 10.5. The van der Waals surface area contributed by atoms with Crippen LogP contribution >= 0.6 is 0 Å². The molecule has 0 saturated carbocycles. The molecular formula is C24H28N4O2. The zero-order chi connectivity index (χ0) is 20.9. The predicted molar refractivity (Wildman–Crippen MR) is 119 cm³/mol. The van der Waals surface area contributed by atoms with E-state index >= 15 is 0 Å². The van der Waals surface area contributed by atoms with Crippen molar-refractivity contribution in [3.63, 3.8) is 0 Å². The number of nitrogens with zero attached hydrogens (tertiary/aromatic N) is 3. The van der Waals surface area contributed by atoms with E-state index in [1.807, 2.05) is 38.1 Å². The van der Waals surface area contributed by atoms with Crippen LogP contribution in [0.4, 0.5) is 5.69 Å². The van der Waals surface area contributed by atoms with E-state index in [1.165, 1.54) is 5.69 Å². The average molecular weight is 405 g/mol. The maximum Gasteiger partial charge on any atom is 0.251 e. The molecule has 1 aromatic heterocycles. The van der Waals surface area contributed by atoms with Gasteiger partial charge in [-0.2, -0.15) is 0 Å². The largest absolute Gasteiger partial charge is 0.441 e. The number of piperazine rings is 1. The molecule has 1 amide bonds. The number of carbonyl (C=O) groups is 1. The molecule has 0 spiro atoms. The van der Waals surface area contributed by atoms with Crippen LogP contribution in [-0.2, 0) is 6.54 Å². The topological polar surface area (TPSA) is 61.6 Å². The normalized spacial score (nSPS) is 14.7. The first kappa shape index (κ1) is 20.2. The number of benzene rings is 2.